The molecule has 1 aromatic heterocycles. The fourth-order valence-electron chi connectivity index (χ4n) is 2.82. The maximum Gasteiger partial charge on any atom is 0.164 e. The highest BCUT2D eigenvalue weighted by atomic mass is 16.5. The molecule has 5 heteroatoms. The summed E-state index contributed by atoms with van der Waals surface area (Å²) in [6.07, 6.45) is 8.40. The molecule has 2 rings (SSSR count). The Hall–Kier alpha value is -0.940. The second-order valence-corrected chi connectivity index (χ2v) is 5.41. The number of rotatable bonds is 7. The van der Waals surface area contributed by atoms with Crippen LogP contribution >= 0.6 is 0 Å². The van der Waals surface area contributed by atoms with Crippen molar-refractivity contribution in [2.24, 2.45) is 5.92 Å². The first kappa shape index (κ1) is 14.5. The van der Waals surface area contributed by atoms with Gasteiger partial charge in [-0.15, -0.1) is 0 Å². The standard InChI is InChI=1S/C14H26N4O/c1-3-12-5-4-6-13(9-12)18-11-16-14(17-18)10-15-7-8-19-2/h11-13,15H,3-10H2,1-2H3. The molecule has 1 aliphatic carbocycles. The summed E-state index contributed by atoms with van der Waals surface area (Å²) in [5.41, 5.74) is 0. The van der Waals surface area contributed by atoms with E-state index in [-0.39, 0.29) is 0 Å². The fourth-order valence-corrected chi connectivity index (χ4v) is 2.82. The molecule has 1 aromatic rings. The Morgan fingerprint density at radius 1 is 1.47 bits per heavy atom. The van der Waals surface area contributed by atoms with Gasteiger partial charge >= 0.3 is 0 Å². The molecule has 0 saturated heterocycles. The van der Waals surface area contributed by atoms with Crippen molar-refractivity contribution in [1.82, 2.24) is 20.1 Å². The molecule has 2 unspecified atom stereocenters. The van der Waals surface area contributed by atoms with E-state index in [1.54, 1.807) is 7.11 Å². The normalized spacial score (nSPS) is 23.7. The van der Waals surface area contributed by atoms with Gasteiger partial charge in [0, 0.05) is 13.7 Å². The van der Waals surface area contributed by atoms with Crippen LogP contribution in [0, 0.1) is 5.92 Å². The third-order valence-electron chi connectivity index (χ3n) is 4.03. The number of hydrogen-bond acceptors (Lipinski definition) is 4. The molecule has 19 heavy (non-hydrogen) atoms. The summed E-state index contributed by atoms with van der Waals surface area (Å²) >= 11 is 0. The fraction of sp³-hybridized carbons (Fsp3) is 0.857. The molecule has 0 bridgehead atoms. The van der Waals surface area contributed by atoms with Crippen LogP contribution in [0.2, 0.25) is 0 Å². The minimum atomic E-state index is 0.555. The van der Waals surface area contributed by atoms with Crippen molar-refractivity contribution < 1.29 is 4.74 Å². The van der Waals surface area contributed by atoms with Gasteiger partial charge in [0.25, 0.3) is 0 Å². The summed E-state index contributed by atoms with van der Waals surface area (Å²) in [7, 11) is 1.71. The zero-order valence-electron chi connectivity index (χ0n) is 12.1. The number of methoxy groups -OCH3 is 1. The molecule has 1 fully saturated rings. The topological polar surface area (TPSA) is 52.0 Å². The van der Waals surface area contributed by atoms with Crippen molar-refractivity contribution in [3.8, 4) is 0 Å². The molecule has 0 radical (unpaired) electrons. The Balaban J connectivity index is 1.82. The van der Waals surface area contributed by atoms with E-state index in [1.807, 2.05) is 6.33 Å². The summed E-state index contributed by atoms with van der Waals surface area (Å²) in [6.45, 7) is 4.58. The largest absolute Gasteiger partial charge is 0.383 e. The maximum absolute atomic E-state index is 5.00. The summed E-state index contributed by atoms with van der Waals surface area (Å²) in [4.78, 5) is 4.39. The van der Waals surface area contributed by atoms with E-state index in [0.29, 0.717) is 6.04 Å². The highest BCUT2D eigenvalue weighted by Crippen LogP contribution is 2.33. The molecule has 108 valence electrons. The van der Waals surface area contributed by atoms with Crippen LogP contribution in [0.15, 0.2) is 6.33 Å². The van der Waals surface area contributed by atoms with Gasteiger partial charge in [-0.1, -0.05) is 26.2 Å². The smallest absolute Gasteiger partial charge is 0.164 e. The molecule has 1 aliphatic rings. The molecule has 1 N–H and O–H groups in total. The lowest BCUT2D eigenvalue weighted by atomic mass is 9.84. The lowest BCUT2D eigenvalue weighted by Gasteiger charge is -2.28. The van der Waals surface area contributed by atoms with Gasteiger partial charge in [0.2, 0.25) is 0 Å². The quantitative estimate of drug-likeness (QED) is 0.768. The SMILES string of the molecule is CCC1CCCC(n2cnc(CNCCOC)n2)C1. The van der Waals surface area contributed by atoms with Gasteiger partial charge in [-0.25, -0.2) is 9.67 Å². The molecular formula is C14H26N4O. The third kappa shape index (κ3) is 4.28. The predicted octanol–water partition coefficient (Wildman–Crippen LogP) is 2.16. The molecule has 0 aliphatic heterocycles. The van der Waals surface area contributed by atoms with E-state index in [9.17, 15) is 0 Å². The van der Waals surface area contributed by atoms with E-state index in [0.717, 1.165) is 31.4 Å². The van der Waals surface area contributed by atoms with Crippen LogP contribution in [0.1, 0.15) is 50.9 Å². The maximum atomic E-state index is 5.00. The average Bonchev–Trinajstić information content (AvgIpc) is 2.92. The van der Waals surface area contributed by atoms with Gasteiger partial charge in [-0.05, 0) is 18.8 Å². The van der Waals surface area contributed by atoms with E-state index in [4.69, 9.17) is 4.74 Å². The average molecular weight is 266 g/mol. The molecule has 5 nitrogen and oxygen atoms in total. The number of ether oxygens (including phenoxy) is 1. The molecule has 1 saturated carbocycles. The zero-order chi connectivity index (χ0) is 13.5. The highest BCUT2D eigenvalue weighted by Gasteiger charge is 2.22. The lowest BCUT2D eigenvalue weighted by molar-refractivity contribution is 0.199. The number of nitrogens with zero attached hydrogens (tertiary/aromatic N) is 3. The van der Waals surface area contributed by atoms with Gasteiger partial charge in [0.1, 0.15) is 6.33 Å². The van der Waals surface area contributed by atoms with Gasteiger partial charge < -0.3 is 10.1 Å². The van der Waals surface area contributed by atoms with Crippen molar-refractivity contribution in [3.05, 3.63) is 12.2 Å². The Kier molecular flexibility index (Phi) is 5.79. The van der Waals surface area contributed by atoms with Gasteiger partial charge in [-0.3, -0.25) is 0 Å². The second-order valence-electron chi connectivity index (χ2n) is 5.41. The second kappa shape index (κ2) is 7.60. The lowest BCUT2D eigenvalue weighted by Crippen LogP contribution is -2.21. The van der Waals surface area contributed by atoms with E-state index in [2.05, 4.69) is 27.0 Å². The van der Waals surface area contributed by atoms with Crippen molar-refractivity contribution in [1.29, 1.82) is 0 Å². The monoisotopic (exact) mass is 266 g/mol. The Morgan fingerprint density at radius 3 is 3.16 bits per heavy atom. The Morgan fingerprint density at radius 2 is 2.37 bits per heavy atom. The van der Waals surface area contributed by atoms with Crippen molar-refractivity contribution >= 4 is 0 Å². The summed E-state index contributed by atoms with van der Waals surface area (Å²) in [5, 5.41) is 7.88. The zero-order valence-corrected chi connectivity index (χ0v) is 12.1. The molecule has 0 aromatic carbocycles. The first-order chi connectivity index (χ1) is 9.33. The predicted molar refractivity (Wildman–Crippen MR) is 74.9 cm³/mol. The van der Waals surface area contributed by atoms with E-state index < -0.39 is 0 Å². The summed E-state index contributed by atoms with van der Waals surface area (Å²) < 4.78 is 7.07. The number of hydrogen-bond donors (Lipinski definition) is 1. The van der Waals surface area contributed by atoms with Crippen LogP contribution in [0.25, 0.3) is 0 Å². The third-order valence-corrected chi connectivity index (χ3v) is 4.03. The number of aromatic nitrogens is 3. The van der Waals surface area contributed by atoms with Crippen LogP contribution in [-0.4, -0.2) is 35.0 Å². The van der Waals surface area contributed by atoms with Gasteiger partial charge in [-0.2, -0.15) is 5.10 Å². The minimum Gasteiger partial charge on any atom is -0.383 e. The van der Waals surface area contributed by atoms with E-state index >= 15 is 0 Å². The van der Waals surface area contributed by atoms with E-state index in [1.165, 1.54) is 32.1 Å². The van der Waals surface area contributed by atoms with Crippen molar-refractivity contribution in [2.75, 3.05) is 20.3 Å². The minimum absolute atomic E-state index is 0.555. The van der Waals surface area contributed by atoms with Gasteiger partial charge in [0.05, 0.1) is 19.2 Å². The van der Waals surface area contributed by atoms with Crippen molar-refractivity contribution in [2.45, 2.75) is 51.6 Å². The Bertz CT molecular complexity index is 366. The number of nitrogens with one attached hydrogen (secondary N) is 1. The molecule has 1 heterocycles. The van der Waals surface area contributed by atoms with Gasteiger partial charge in [0.15, 0.2) is 5.82 Å². The molecule has 0 spiro atoms. The van der Waals surface area contributed by atoms with Crippen LogP contribution in [0.3, 0.4) is 0 Å². The Labute approximate surface area is 115 Å². The first-order valence-corrected chi connectivity index (χ1v) is 7.43. The molecular weight excluding hydrogens is 240 g/mol. The van der Waals surface area contributed by atoms with Crippen LogP contribution < -0.4 is 5.32 Å². The van der Waals surface area contributed by atoms with Crippen LogP contribution in [0.5, 0.6) is 0 Å². The highest BCUT2D eigenvalue weighted by molar-refractivity contribution is 4.85. The van der Waals surface area contributed by atoms with Crippen molar-refractivity contribution in [3.63, 3.8) is 0 Å². The van der Waals surface area contributed by atoms with Crippen LogP contribution in [-0.2, 0) is 11.3 Å². The van der Waals surface area contributed by atoms with Crippen LogP contribution in [0.4, 0.5) is 0 Å². The first-order valence-electron chi connectivity index (χ1n) is 7.43. The summed E-state index contributed by atoms with van der Waals surface area (Å²) in [5.74, 6) is 1.75. The molecule has 2 atom stereocenters. The molecule has 0 amide bonds. The summed E-state index contributed by atoms with van der Waals surface area (Å²) in [6, 6.07) is 0.555.